The van der Waals surface area contributed by atoms with Gasteiger partial charge in [-0.1, -0.05) is 0 Å². The van der Waals surface area contributed by atoms with Gasteiger partial charge in [0.2, 0.25) is 0 Å². The summed E-state index contributed by atoms with van der Waals surface area (Å²) in [6.45, 7) is 7.46. The van der Waals surface area contributed by atoms with Gasteiger partial charge in [-0.3, -0.25) is 0 Å². The van der Waals surface area contributed by atoms with E-state index >= 15 is 0 Å². The van der Waals surface area contributed by atoms with Crippen molar-refractivity contribution in [1.82, 2.24) is 0 Å². The molecule has 0 aliphatic carbocycles. The van der Waals surface area contributed by atoms with Crippen LogP contribution in [0.1, 0.15) is 34.1 Å². The van der Waals surface area contributed by atoms with Gasteiger partial charge in [-0.05, 0) is 45.8 Å². The SMILES string of the molecule is CC1(C)C=C(CCS(=O)(O)=S)C(C)(C)[NH+]1[O-]. The lowest BCUT2D eigenvalue weighted by molar-refractivity contribution is -0.927. The molecule has 0 fully saturated rings. The summed E-state index contributed by atoms with van der Waals surface area (Å²) in [5.41, 5.74) is -0.0886. The summed E-state index contributed by atoms with van der Waals surface area (Å²) >= 11 is 4.45. The van der Waals surface area contributed by atoms with Crippen LogP contribution in [0, 0.1) is 5.21 Å². The van der Waals surface area contributed by atoms with Gasteiger partial charge in [-0.2, -0.15) is 0 Å². The van der Waals surface area contributed by atoms with Crippen LogP contribution in [-0.4, -0.2) is 25.6 Å². The molecule has 1 aliphatic heterocycles. The van der Waals surface area contributed by atoms with Crippen LogP contribution < -0.4 is 5.06 Å². The van der Waals surface area contributed by atoms with Crippen molar-refractivity contribution in [1.29, 1.82) is 0 Å². The standard InChI is InChI=1S/C10H19NO3S2/c1-9(2)7-8(5-6-16(13,14)15)10(3,4)11(9)12/h7,11H,5-6H2,1-4H3,(H,13,14,15). The van der Waals surface area contributed by atoms with Gasteiger partial charge in [0.25, 0.3) is 0 Å². The summed E-state index contributed by atoms with van der Waals surface area (Å²) in [6.07, 6.45) is 2.33. The summed E-state index contributed by atoms with van der Waals surface area (Å²) in [4.78, 5) is 0. The van der Waals surface area contributed by atoms with E-state index in [9.17, 15) is 9.42 Å². The lowest BCUT2D eigenvalue weighted by atomic mass is 9.94. The monoisotopic (exact) mass is 265 g/mol. The maximum atomic E-state index is 12.1. The molecule has 16 heavy (non-hydrogen) atoms. The number of rotatable bonds is 3. The van der Waals surface area contributed by atoms with E-state index in [0.717, 1.165) is 5.57 Å². The lowest BCUT2D eigenvalue weighted by Gasteiger charge is -2.41. The van der Waals surface area contributed by atoms with Crippen LogP contribution in [0.4, 0.5) is 0 Å². The zero-order chi connectivity index (χ0) is 12.8. The highest BCUT2D eigenvalue weighted by Crippen LogP contribution is 2.27. The summed E-state index contributed by atoms with van der Waals surface area (Å²) in [7, 11) is -3.14. The van der Waals surface area contributed by atoms with Gasteiger partial charge >= 0.3 is 0 Å². The molecule has 0 bridgehead atoms. The first kappa shape index (κ1) is 14.1. The summed E-state index contributed by atoms with van der Waals surface area (Å²) in [5, 5.41) is 12.2. The number of hydrogen-bond acceptors (Lipinski definition) is 3. The quantitative estimate of drug-likeness (QED) is 0.575. The van der Waals surface area contributed by atoms with E-state index in [1.807, 2.05) is 33.8 Å². The summed E-state index contributed by atoms with van der Waals surface area (Å²) < 4.78 is 20.1. The third-order valence-electron chi connectivity index (χ3n) is 3.12. The molecule has 0 aromatic heterocycles. The molecule has 2 atom stereocenters. The van der Waals surface area contributed by atoms with E-state index in [2.05, 4.69) is 11.2 Å². The molecule has 4 nitrogen and oxygen atoms in total. The van der Waals surface area contributed by atoms with Gasteiger partial charge in [-0.25, -0.2) is 4.21 Å². The number of quaternary nitrogens is 1. The van der Waals surface area contributed by atoms with E-state index in [1.54, 1.807) is 0 Å². The highest BCUT2D eigenvalue weighted by atomic mass is 32.8. The van der Waals surface area contributed by atoms with Crippen molar-refractivity contribution in [2.75, 3.05) is 5.75 Å². The van der Waals surface area contributed by atoms with Crippen molar-refractivity contribution in [2.24, 2.45) is 0 Å². The lowest BCUT2D eigenvalue weighted by Crippen LogP contribution is -3.20. The molecule has 2 N–H and O–H groups in total. The first-order valence-electron chi connectivity index (χ1n) is 5.19. The number of hydroxylamine groups is 2. The minimum absolute atomic E-state index is 0.0426. The van der Waals surface area contributed by atoms with Crippen molar-refractivity contribution in [3.63, 3.8) is 0 Å². The molecule has 0 saturated heterocycles. The fourth-order valence-electron chi connectivity index (χ4n) is 2.26. The summed E-state index contributed by atoms with van der Waals surface area (Å²) in [5.74, 6) is 0.0426. The molecule has 1 rings (SSSR count). The molecule has 1 heterocycles. The first-order valence-corrected chi connectivity index (χ1v) is 7.80. The first-order chi connectivity index (χ1) is 6.97. The molecule has 0 radical (unpaired) electrons. The molecule has 2 unspecified atom stereocenters. The van der Waals surface area contributed by atoms with Gasteiger partial charge < -0.3 is 14.8 Å². The van der Waals surface area contributed by atoms with Crippen LogP contribution in [0.5, 0.6) is 0 Å². The van der Waals surface area contributed by atoms with Crippen LogP contribution in [-0.2, 0) is 20.0 Å². The average Bonchev–Trinajstić information content (AvgIpc) is 2.22. The Bertz CT molecular complexity index is 410. The second-order valence-electron chi connectivity index (χ2n) is 5.38. The van der Waals surface area contributed by atoms with Crippen molar-refractivity contribution < 1.29 is 13.8 Å². The Labute approximate surface area is 102 Å². The summed E-state index contributed by atoms with van der Waals surface area (Å²) in [6, 6.07) is 0. The highest BCUT2D eigenvalue weighted by Gasteiger charge is 2.44. The van der Waals surface area contributed by atoms with E-state index < -0.39 is 19.9 Å². The number of nitrogens with one attached hydrogen (secondary N) is 1. The predicted octanol–water partition coefficient (Wildman–Crippen LogP) is 0.476. The Balaban J connectivity index is 2.89. The van der Waals surface area contributed by atoms with Crippen LogP contribution in [0.25, 0.3) is 0 Å². The smallest absolute Gasteiger partial charge is 0.141 e. The normalized spacial score (nSPS) is 30.9. The van der Waals surface area contributed by atoms with Crippen LogP contribution in [0.2, 0.25) is 0 Å². The van der Waals surface area contributed by atoms with Crippen molar-refractivity contribution in [2.45, 2.75) is 45.2 Å². The third kappa shape index (κ3) is 2.81. The van der Waals surface area contributed by atoms with Gasteiger partial charge in [0.1, 0.15) is 19.9 Å². The second-order valence-corrected chi connectivity index (χ2v) is 8.52. The third-order valence-corrected chi connectivity index (χ3v) is 4.34. The molecule has 0 saturated carbocycles. The average molecular weight is 265 g/mol. The van der Waals surface area contributed by atoms with E-state index in [0.29, 0.717) is 6.42 Å². The Morgan fingerprint density at radius 1 is 1.50 bits per heavy atom. The molecule has 0 spiro atoms. The van der Waals surface area contributed by atoms with E-state index in [4.69, 9.17) is 4.55 Å². The van der Waals surface area contributed by atoms with Gasteiger partial charge in [0, 0.05) is 11.2 Å². The maximum Gasteiger partial charge on any atom is 0.141 e. The van der Waals surface area contributed by atoms with Crippen molar-refractivity contribution in [3.05, 3.63) is 16.9 Å². The largest absolute Gasteiger partial charge is 0.633 e. The Hall–Kier alpha value is -0.0100. The van der Waals surface area contributed by atoms with Crippen LogP contribution in [0.3, 0.4) is 0 Å². The molecule has 6 heteroatoms. The van der Waals surface area contributed by atoms with Crippen LogP contribution >= 0.6 is 0 Å². The molecular formula is C10H19NO3S2. The van der Waals surface area contributed by atoms with Gasteiger partial charge in [-0.15, -0.1) is 0 Å². The fourth-order valence-corrected chi connectivity index (χ4v) is 2.98. The second kappa shape index (κ2) is 4.03. The van der Waals surface area contributed by atoms with Crippen molar-refractivity contribution >= 4 is 20.0 Å². The Morgan fingerprint density at radius 3 is 2.31 bits per heavy atom. The van der Waals surface area contributed by atoms with E-state index in [1.165, 1.54) is 0 Å². The topological polar surface area (TPSA) is 64.8 Å². The zero-order valence-electron chi connectivity index (χ0n) is 10.1. The zero-order valence-corrected chi connectivity index (χ0v) is 11.7. The maximum absolute atomic E-state index is 12.1. The van der Waals surface area contributed by atoms with Crippen molar-refractivity contribution in [3.8, 4) is 0 Å². The number of hydrogen-bond donors (Lipinski definition) is 2. The van der Waals surface area contributed by atoms with Crippen LogP contribution in [0.15, 0.2) is 11.6 Å². The molecule has 0 aromatic carbocycles. The predicted molar refractivity (Wildman–Crippen MR) is 68.2 cm³/mol. The molecular weight excluding hydrogens is 246 g/mol. The molecule has 94 valence electrons. The minimum atomic E-state index is -3.14. The molecule has 0 aromatic rings. The fraction of sp³-hybridized carbons (Fsp3) is 0.800. The molecule has 1 aliphatic rings. The minimum Gasteiger partial charge on any atom is -0.633 e. The Kier molecular flexibility index (Phi) is 3.54. The Morgan fingerprint density at radius 2 is 2.00 bits per heavy atom. The van der Waals surface area contributed by atoms with E-state index in [-0.39, 0.29) is 10.8 Å². The van der Waals surface area contributed by atoms with Gasteiger partial charge in [0.15, 0.2) is 0 Å². The highest BCUT2D eigenvalue weighted by molar-refractivity contribution is 8.29. The van der Waals surface area contributed by atoms with Gasteiger partial charge in [0.05, 0.1) is 5.75 Å². The molecule has 0 amide bonds.